The van der Waals surface area contributed by atoms with E-state index in [4.69, 9.17) is 9.47 Å². The van der Waals surface area contributed by atoms with Gasteiger partial charge >= 0.3 is 0 Å². The van der Waals surface area contributed by atoms with Gasteiger partial charge in [0.1, 0.15) is 0 Å². The van der Waals surface area contributed by atoms with Gasteiger partial charge in [0, 0.05) is 12.0 Å². The van der Waals surface area contributed by atoms with E-state index in [0.717, 1.165) is 50.7 Å². The van der Waals surface area contributed by atoms with Crippen molar-refractivity contribution in [2.24, 2.45) is 11.3 Å². The Morgan fingerprint density at radius 2 is 1.89 bits per heavy atom. The molecule has 1 fully saturated rings. The quantitative estimate of drug-likeness (QED) is 0.283. The van der Waals surface area contributed by atoms with Crippen molar-refractivity contribution in [3.8, 4) is 0 Å². The lowest BCUT2D eigenvalue weighted by atomic mass is 9.64. The molecule has 1 aliphatic carbocycles. The predicted octanol–water partition coefficient (Wildman–Crippen LogP) is 7.82. The molecule has 2 unspecified atom stereocenters. The minimum atomic E-state index is -3.51. The maximum absolute atomic E-state index is 14.0. The zero-order valence-corrected chi connectivity index (χ0v) is 23.8. The van der Waals surface area contributed by atoms with E-state index in [1.807, 2.05) is 18.2 Å². The van der Waals surface area contributed by atoms with Gasteiger partial charge in [-0.05, 0) is 90.2 Å². The van der Waals surface area contributed by atoms with Crippen LogP contribution in [0.15, 0.2) is 70.2 Å². The lowest BCUT2D eigenvalue weighted by Gasteiger charge is -2.45. The van der Waals surface area contributed by atoms with Crippen LogP contribution in [0.3, 0.4) is 0 Å². The van der Waals surface area contributed by atoms with Gasteiger partial charge in [-0.2, -0.15) is 0 Å². The molecule has 200 valence electrons. The SMILES string of the molecule is CC1=CCC[C@@H](C)[C@]1(C)C(C/C(C)=C/CC/C(C)=C/COC1CCCCO1)S(=O)(=O)c1ccccc1. The van der Waals surface area contributed by atoms with Gasteiger partial charge in [0.05, 0.1) is 16.8 Å². The van der Waals surface area contributed by atoms with E-state index < -0.39 is 20.5 Å². The van der Waals surface area contributed by atoms with Crippen LogP contribution in [0.25, 0.3) is 0 Å². The third-order valence-electron chi connectivity index (χ3n) is 8.43. The average Bonchev–Trinajstić information content (AvgIpc) is 2.87. The molecule has 5 heteroatoms. The zero-order valence-electron chi connectivity index (χ0n) is 23.0. The molecule has 4 atom stereocenters. The molecule has 2 aliphatic rings. The topological polar surface area (TPSA) is 52.6 Å². The number of allylic oxidation sites excluding steroid dienone is 5. The molecular formula is C31H46O4S. The van der Waals surface area contributed by atoms with Crippen LogP contribution in [0.1, 0.15) is 86.0 Å². The first-order valence-electron chi connectivity index (χ1n) is 13.7. The van der Waals surface area contributed by atoms with Gasteiger partial charge in [0.25, 0.3) is 0 Å². The van der Waals surface area contributed by atoms with Gasteiger partial charge in [-0.1, -0.05) is 67.0 Å². The van der Waals surface area contributed by atoms with Gasteiger partial charge < -0.3 is 9.47 Å². The zero-order chi connectivity index (χ0) is 26.2. The molecule has 1 heterocycles. The van der Waals surface area contributed by atoms with Gasteiger partial charge in [0.15, 0.2) is 16.1 Å². The van der Waals surface area contributed by atoms with E-state index in [-0.39, 0.29) is 6.29 Å². The molecule has 0 bridgehead atoms. The molecule has 1 aliphatic heterocycles. The van der Waals surface area contributed by atoms with Crippen LogP contribution in [-0.2, 0) is 19.3 Å². The van der Waals surface area contributed by atoms with Crippen LogP contribution in [0.4, 0.5) is 0 Å². The minimum absolute atomic E-state index is 0.0607. The Morgan fingerprint density at radius 3 is 2.56 bits per heavy atom. The first-order valence-corrected chi connectivity index (χ1v) is 15.2. The summed E-state index contributed by atoms with van der Waals surface area (Å²) < 4.78 is 39.5. The fraction of sp³-hybridized carbons (Fsp3) is 0.613. The van der Waals surface area contributed by atoms with Crippen LogP contribution in [0.5, 0.6) is 0 Å². The van der Waals surface area contributed by atoms with Gasteiger partial charge in [0.2, 0.25) is 0 Å². The molecule has 1 aromatic rings. The number of sulfone groups is 1. The average molecular weight is 515 g/mol. The molecular weight excluding hydrogens is 468 g/mol. The van der Waals surface area contributed by atoms with Gasteiger partial charge in [-0.3, -0.25) is 0 Å². The van der Waals surface area contributed by atoms with Crippen molar-refractivity contribution in [1.29, 1.82) is 0 Å². The van der Waals surface area contributed by atoms with Crippen LogP contribution in [-0.4, -0.2) is 33.2 Å². The fourth-order valence-corrected chi connectivity index (χ4v) is 8.02. The number of hydrogen-bond acceptors (Lipinski definition) is 4. The number of benzene rings is 1. The Hall–Kier alpha value is -1.69. The molecule has 0 aromatic heterocycles. The van der Waals surface area contributed by atoms with Crippen molar-refractivity contribution in [3.05, 3.63) is 65.3 Å². The molecule has 0 N–H and O–H groups in total. The maximum Gasteiger partial charge on any atom is 0.182 e. The summed E-state index contributed by atoms with van der Waals surface area (Å²) in [7, 11) is -3.51. The second kappa shape index (κ2) is 13.2. The Bertz CT molecular complexity index is 1030. The van der Waals surface area contributed by atoms with E-state index in [2.05, 4.69) is 52.8 Å². The third kappa shape index (κ3) is 7.20. The first kappa shape index (κ1) is 28.9. The van der Waals surface area contributed by atoms with Crippen molar-refractivity contribution in [2.45, 2.75) is 102 Å². The minimum Gasteiger partial charge on any atom is -0.353 e. The molecule has 0 amide bonds. The van der Waals surface area contributed by atoms with Crippen LogP contribution in [0, 0.1) is 11.3 Å². The molecule has 1 aromatic carbocycles. The second-order valence-electron chi connectivity index (χ2n) is 11.0. The molecule has 0 radical (unpaired) electrons. The monoisotopic (exact) mass is 514 g/mol. The third-order valence-corrected chi connectivity index (χ3v) is 10.8. The summed E-state index contributed by atoms with van der Waals surface area (Å²) >= 11 is 0. The van der Waals surface area contributed by atoms with E-state index in [1.54, 1.807) is 12.1 Å². The van der Waals surface area contributed by atoms with Crippen molar-refractivity contribution < 1.29 is 17.9 Å². The summed E-state index contributed by atoms with van der Waals surface area (Å²) in [4.78, 5) is 0.426. The first-order chi connectivity index (χ1) is 17.2. The van der Waals surface area contributed by atoms with Gasteiger partial charge in [-0.15, -0.1) is 0 Å². The smallest absolute Gasteiger partial charge is 0.182 e. The summed E-state index contributed by atoms with van der Waals surface area (Å²) in [6.07, 6.45) is 14.3. The Labute approximate surface area is 219 Å². The second-order valence-corrected chi connectivity index (χ2v) is 13.1. The van der Waals surface area contributed by atoms with Crippen molar-refractivity contribution >= 4 is 9.84 Å². The number of rotatable bonds is 11. The lowest BCUT2D eigenvalue weighted by molar-refractivity contribution is -0.155. The van der Waals surface area contributed by atoms with Crippen molar-refractivity contribution in [1.82, 2.24) is 0 Å². The maximum atomic E-state index is 14.0. The molecule has 1 saturated heterocycles. The standard InChI is InChI=1S/C31H46O4S/c1-24(20-22-35-30-19-9-10-21-34-30)13-11-14-25(2)23-29(31(5)26(3)15-12-16-27(31)4)36(32,33)28-17-7-6-8-18-28/h6-8,14-15,17-18,20,27,29-30H,9-13,16,19,21-23H2,1-5H3/b24-20+,25-14+/t27-,29?,30?,31-/m1/s1. The van der Waals surface area contributed by atoms with Crippen molar-refractivity contribution in [2.75, 3.05) is 13.2 Å². The van der Waals surface area contributed by atoms with Crippen LogP contribution in [0.2, 0.25) is 0 Å². The van der Waals surface area contributed by atoms with E-state index in [1.165, 1.54) is 17.6 Å². The number of hydrogen-bond donors (Lipinski definition) is 0. The molecule has 3 rings (SSSR count). The Kier molecular flexibility index (Phi) is 10.6. The Morgan fingerprint density at radius 1 is 1.14 bits per heavy atom. The van der Waals surface area contributed by atoms with Gasteiger partial charge in [-0.25, -0.2) is 8.42 Å². The van der Waals surface area contributed by atoms with E-state index >= 15 is 0 Å². The number of ether oxygens (including phenoxy) is 2. The van der Waals surface area contributed by atoms with Crippen molar-refractivity contribution in [3.63, 3.8) is 0 Å². The molecule has 0 spiro atoms. The highest BCUT2D eigenvalue weighted by Gasteiger charge is 2.48. The summed E-state index contributed by atoms with van der Waals surface area (Å²) in [5.41, 5.74) is 3.25. The molecule has 36 heavy (non-hydrogen) atoms. The van der Waals surface area contributed by atoms with Crippen LogP contribution >= 0.6 is 0 Å². The fourth-order valence-electron chi connectivity index (χ4n) is 5.61. The highest BCUT2D eigenvalue weighted by atomic mass is 32.2. The summed E-state index contributed by atoms with van der Waals surface area (Å²) in [5, 5.41) is -0.490. The highest BCUT2D eigenvalue weighted by Crippen LogP contribution is 2.49. The normalized spacial score (nSPS) is 27.0. The lowest BCUT2D eigenvalue weighted by Crippen LogP contribution is -2.45. The summed E-state index contributed by atoms with van der Waals surface area (Å²) in [6.45, 7) is 12.1. The highest BCUT2D eigenvalue weighted by molar-refractivity contribution is 7.92. The summed E-state index contributed by atoms with van der Waals surface area (Å²) in [5.74, 6) is 0.303. The largest absolute Gasteiger partial charge is 0.353 e. The van der Waals surface area contributed by atoms with E-state index in [0.29, 0.717) is 23.8 Å². The molecule has 0 saturated carbocycles. The summed E-state index contributed by atoms with van der Waals surface area (Å²) in [6, 6.07) is 9.00. The van der Waals surface area contributed by atoms with Crippen LogP contribution < -0.4 is 0 Å². The predicted molar refractivity (Wildman–Crippen MR) is 149 cm³/mol. The Balaban J connectivity index is 1.70. The molecule has 4 nitrogen and oxygen atoms in total. The van der Waals surface area contributed by atoms with E-state index in [9.17, 15) is 8.42 Å².